The summed E-state index contributed by atoms with van der Waals surface area (Å²) in [5, 5.41) is 18.6. The smallest absolute Gasteiger partial charge is 0.346 e. The van der Waals surface area contributed by atoms with E-state index in [4.69, 9.17) is 0 Å². The molecule has 0 aliphatic carbocycles. The third-order valence-electron chi connectivity index (χ3n) is 4.52. The van der Waals surface area contributed by atoms with Crippen molar-refractivity contribution in [1.29, 1.82) is 0 Å². The van der Waals surface area contributed by atoms with Gasteiger partial charge < -0.3 is 10.2 Å². The summed E-state index contributed by atoms with van der Waals surface area (Å²) < 4.78 is 0. The third-order valence-corrected chi connectivity index (χ3v) is 4.52. The van der Waals surface area contributed by atoms with Crippen molar-refractivity contribution in [3.63, 3.8) is 0 Å². The molecule has 0 unspecified atom stereocenters. The van der Waals surface area contributed by atoms with Gasteiger partial charge in [0, 0.05) is 25.7 Å². The first-order chi connectivity index (χ1) is 13.2. The lowest BCUT2D eigenvalue weighted by atomic mass is 9.92. The maximum atomic E-state index is 12.8. The molecule has 1 atom stereocenters. The van der Waals surface area contributed by atoms with Crippen molar-refractivity contribution in [2.45, 2.75) is 12.5 Å². The topological polar surface area (TPSA) is 108 Å². The maximum absolute atomic E-state index is 12.8. The molecule has 2 aromatic carbocycles. The number of nitrogens with zero attached hydrogens (tertiary/aromatic N) is 4. The van der Waals surface area contributed by atoms with Crippen molar-refractivity contribution >= 4 is 29.5 Å². The van der Waals surface area contributed by atoms with Crippen LogP contribution in [0, 0.1) is 10.1 Å². The van der Waals surface area contributed by atoms with Crippen LogP contribution in [0.4, 0.5) is 16.2 Å². The fraction of sp³-hybridized carbons (Fsp3) is 0.211. The highest BCUT2D eigenvalue weighted by molar-refractivity contribution is 6.07. The highest BCUT2D eigenvalue weighted by Crippen LogP contribution is 2.29. The van der Waals surface area contributed by atoms with E-state index in [0.29, 0.717) is 16.8 Å². The lowest BCUT2D eigenvalue weighted by molar-refractivity contribution is -0.384. The van der Waals surface area contributed by atoms with E-state index in [-0.39, 0.29) is 5.69 Å². The number of hydrogen-bond acceptors (Lipinski definition) is 6. The molecule has 9 heteroatoms. The number of nitrogens with one attached hydrogen (secondary N) is 1. The molecule has 1 aliphatic heterocycles. The standard InChI is InChI=1S/C19H19N5O4/c1-19(14-7-5-4-6-8-14)17(25)23(18(26)21-19)20-12-13-9-10-15(22(2)3)16(11-13)24(27)28/h4-12H,1-3H3,(H,21,26)/b20-12-/t19-/m0/s1. The Morgan fingerprint density at radius 3 is 2.46 bits per heavy atom. The van der Waals surface area contributed by atoms with Gasteiger partial charge in [-0.15, -0.1) is 5.01 Å². The fourth-order valence-corrected chi connectivity index (χ4v) is 2.97. The Morgan fingerprint density at radius 2 is 1.86 bits per heavy atom. The van der Waals surface area contributed by atoms with E-state index >= 15 is 0 Å². The Morgan fingerprint density at radius 1 is 1.18 bits per heavy atom. The first kappa shape index (κ1) is 19.0. The third kappa shape index (κ3) is 3.29. The Labute approximate surface area is 161 Å². The van der Waals surface area contributed by atoms with E-state index in [1.165, 1.54) is 12.3 Å². The van der Waals surface area contributed by atoms with Gasteiger partial charge in [0.25, 0.3) is 11.6 Å². The molecule has 28 heavy (non-hydrogen) atoms. The number of carbonyl (C=O) groups excluding carboxylic acids is 2. The zero-order chi connectivity index (χ0) is 20.5. The molecule has 0 spiro atoms. The highest BCUT2D eigenvalue weighted by Gasteiger charge is 2.49. The second-order valence-corrected chi connectivity index (χ2v) is 6.68. The van der Waals surface area contributed by atoms with E-state index < -0.39 is 22.4 Å². The van der Waals surface area contributed by atoms with Crippen molar-refractivity contribution in [1.82, 2.24) is 10.3 Å². The predicted octanol–water partition coefficient (Wildman–Crippen LogP) is 2.46. The lowest BCUT2D eigenvalue weighted by Crippen LogP contribution is -2.40. The molecule has 1 aliphatic rings. The molecule has 1 saturated heterocycles. The van der Waals surface area contributed by atoms with E-state index in [0.717, 1.165) is 5.01 Å². The first-order valence-corrected chi connectivity index (χ1v) is 8.46. The number of benzene rings is 2. The number of hydrogen-bond donors (Lipinski definition) is 1. The van der Waals surface area contributed by atoms with Gasteiger partial charge in [0.05, 0.1) is 11.1 Å². The number of hydrazone groups is 1. The molecule has 0 radical (unpaired) electrons. The molecule has 144 valence electrons. The molecule has 3 rings (SSSR count). The van der Waals surface area contributed by atoms with Gasteiger partial charge in [-0.2, -0.15) is 5.10 Å². The Hall–Kier alpha value is -3.75. The minimum Gasteiger partial charge on any atom is -0.372 e. The number of imide groups is 1. The molecule has 0 aromatic heterocycles. The summed E-state index contributed by atoms with van der Waals surface area (Å²) in [6.45, 7) is 1.61. The van der Waals surface area contributed by atoms with Gasteiger partial charge in [0.15, 0.2) is 0 Å². The van der Waals surface area contributed by atoms with Crippen molar-refractivity contribution in [3.05, 3.63) is 69.8 Å². The average molecular weight is 381 g/mol. The first-order valence-electron chi connectivity index (χ1n) is 8.46. The number of amides is 3. The van der Waals surface area contributed by atoms with Crippen LogP contribution in [-0.4, -0.2) is 42.2 Å². The van der Waals surface area contributed by atoms with Crippen molar-refractivity contribution in [2.24, 2.45) is 5.10 Å². The van der Waals surface area contributed by atoms with Crippen LogP contribution < -0.4 is 10.2 Å². The number of carbonyl (C=O) groups is 2. The van der Waals surface area contributed by atoms with Crippen LogP contribution in [0.1, 0.15) is 18.1 Å². The number of anilines is 1. The van der Waals surface area contributed by atoms with Crippen LogP contribution in [0.5, 0.6) is 0 Å². The summed E-state index contributed by atoms with van der Waals surface area (Å²) in [7, 11) is 3.40. The Bertz CT molecular complexity index is 974. The normalized spacial score (nSPS) is 19.2. The van der Waals surface area contributed by atoms with Crippen LogP contribution in [0.2, 0.25) is 0 Å². The van der Waals surface area contributed by atoms with Gasteiger partial charge in [-0.05, 0) is 18.6 Å². The van der Waals surface area contributed by atoms with Crippen LogP contribution in [0.25, 0.3) is 0 Å². The van der Waals surface area contributed by atoms with Gasteiger partial charge in [0.2, 0.25) is 0 Å². The second kappa shape index (κ2) is 7.10. The largest absolute Gasteiger partial charge is 0.372 e. The summed E-state index contributed by atoms with van der Waals surface area (Å²) >= 11 is 0. The SMILES string of the molecule is CN(C)c1ccc(/C=N\N2C(=O)N[C@@](C)(c3ccccc3)C2=O)cc1[N+](=O)[O-]. The summed E-state index contributed by atoms with van der Waals surface area (Å²) in [4.78, 5) is 37.5. The molecule has 3 amide bonds. The van der Waals surface area contributed by atoms with Gasteiger partial charge in [-0.25, -0.2) is 4.79 Å². The summed E-state index contributed by atoms with van der Waals surface area (Å²) in [6, 6.07) is 12.7. The Balaban J connectivity index is 1.89. The summed E-state index contributed by atoms with van der Waals surface area (Å²) in [5.41, 5.74) is 0.147. The zero-order valence-corrected chi connectivity index (χ0v) is 15.6. The van der Waals surface area contributed by atoms with Gasteiger partial charge in [-0.1, -0.05) is 36.4 Å². The fourth-order valence-electron chi connectivity index (χ4n) is 2.97. The number of urea groups is 1. The minimum absolute atomic E-state index is 0.0970. The maximum Gasteiger partial charge on any atom is 0.346 e. The minimum atomic E-state index is -1.23. The van der Waals surface area contributed by atoms with Crippen molar-refractivity contribution in [2.75, 3.05) is 19.0 Å². The van der Waals surface area contributed by atoms with Gasteiger partial charge in [-0.3, -0.25) is 14.9 Å². The molecule has 0 bridgehead atoms. The summed E-state index contributed by atoms with van der Waals surface area (Å²) in [5.74, 6) is -0.528. The van der Waals surface area contributed by atoms with Gasteiger partial charge >= 0.3 is 6.03 Å². The van der Waals surface area contributed by atoms with E-state index in [1.54, 1.807) is 62.3 Å². The van der Waals surface area contributed by atoms with Crippen LogP contribution in [-0.2, 0) is 10.3 Å². The Kier molecular flexibility index (Phi) is 4.83. The monoisotopic (exact) mass is 381 g/mol. The highest BCUT2D eigenvalue weighted by atomic mass is 16.6. The van der Waals surface area contributed by atoms with E-state index in [2.05, 4.69) is 10.4 Å². The predicted molar refractivity (Wildman–Crippen MR) is 104 cm³/mol. The quantitative estimate of drug-likeness (QED) is 0.370. The molecule has 1 fully saturated rings. The zero-order valence-electron chi connectivity index (χ0n) is 15.6. The molecule has 0 saturated carbocycles. The van der Waals surface area contributed by atoms with Crippen LogP contribution in [0.3, 0.4) is 0 Å². The molecular formula is C19H19N5O4. The van der Waals surface area contributed by atoms with Gasteiger partial charge in [0.1, 0.15) is 11.2 Å². The molecule has 1 N–H and O–H groups in total. The van der Waals surface area contributed by atoms with Crippen molar-refractivity contribution in [3.8, 4) is 0 Å². The lowest BCUT2D eigenvalue weighted by Gasteiger charge is -2.20. The average Bonchev–Trinajstić information content (AvgIpc) is 2.90. The van der Waals surface area contributed by atoms with E-state index in [9.17, 15) is 19.7 Å². The number of nitro groups is 1. The molecular weight excluding hydrogens is 362 g/mol. The number of nitro benzene ring substituents is 1. The molecule has 2 aromatic rings. The summed E-state index contributed by atoms with van der Waals surface area (Å²) in [6.07, 6.45) is 1.25. The second-order valence-electron chi connectivity index (χ2n) is 6.68. The number of rotatable bonds is 5. The van der Waals surface area contributed by atoms with Crippen LogP contribution >= 0.6 is 0 Å². The van der Waals surface area contributed by atoms with Crippen molar-refractivity contribution < 1.29 is 14.5 Å². The van der Waals surface area contributed by atoms with Crippen LogP contribution in [0.15, 0.2) is 53.6 Å². The molecule has 9 nitrogen and oxygen atoms in total. The van der Waals surface area contributed by atoms with E-state index in [1.807, 2.05) is 6.07 Å². The molecule has 1 heterocycles.